The molecular formula is C12H15F3OS. The van der Waals surface area contributed by atoms with Gasteiger partial charge >= 0.3 is 6.18 Å². The van der Waals surface area contributed by atoms with Gasteiger partial charge < -0.3 is 5.11 Å². The van der Waals surface area contributed by atoms with E-state index in [1.165, 1.54) is 23.9 Å². The highest BCUT2D eigenvalue weighted by molar-refractivity contribution is 7.99. The van der Waals surface area contributed by atoms with Crippen molar-refractivity contribution in [3.63, 3.8) is 0 Å². The van der Waals surface area contributed by atoms with Crippen LogP contribution in [0.5, 0.6) is 0 Å². The molecule has 0 spiro atoms. The standard InChI is InChI=1S/C12H15F3OS/c1-8(2)7-17-11-4-3-9(6-16)5-10(11)12(13,14)15/h3-5,8,16H,6-7H2,1-2H3. The predicted octanol–water partition coefficient (Wildman–Crippen LogP) is 3.95. The summed E-state index contributed by atoms with van der Waals surface area (Å²) in [5, 5.41) is 8.86. The highest BCUT2D eigenvalue weighted by atomic mass is 32.2. The van der Waals surface area contributed by atoms with Crippen LogP contribution >= 0.6 is 11.8 Å². The number of rotatable bonds is 4. The zero-order chi connectivity index (χ0) is 13.1. The Hall–Kier alpha value is -0.680. The first kappa shape index (κ1) is 14.4. The van der Waals surface area contributed by atoms with Crippen molar-refractivity contribution >= 4 is 11.8 Å². The Bertz CT molecular complexity index is 375. The van der Waals surface area contributed by atoms with Crippen molar-refractivity contribution in [3.8, 4) is 0 Å². The van der Waals surface area contributed by atoms with Crippen molar-refractivity contribution < 1.29 is 18.3 Å². The number of halogens is 3. The summed E-state index contributed by atoms with van der Waals surface area (Å²) < 4.78 is 38.4. The van der Waals surface area contributed by atoms with Crippen LogP contribution < -0.4 is 0 Å². The average Bonchev–Trinajstić information content (AvgIpc) is 2.24. The molecule has 1 rings (SSSR count). The molecule has 0 aliphatic heterocycles. The predicted molar refractivity (Wildman–Crippen MR) is 62.9 cm³/mol. The molecule has 96 valence electrons. The van der Waals surface area contributed by atoms with Gasteiger partial charge in [-0.3, -0.25) is 0 Å². The Morgan fingerprint density at radius 3 is 2.41 bits per heavy atom. The number of hydrogen-bond donors (Lipinski definition) is 1. The van der Waals surface area contributed by atoms with Crippen molar-refractivity contribution in [2.24, 2.45) is 5.92 Å². The van der Waals surface area contributed by atoms with Crippen LogP contribution in [0.3, 0.4) is 0 Å². The van der Waals surface area contributed by atoms with E-state index in [-0.39, 0.29) is 17.1 Å². The number of benzene rings is 1. The minimum absolute atomic E-state index is 0.225. The van der Waals surface area contributed by atoms with Crippen LogP contribution in [-0.2, 0) is 12.8 Å². The van der Waals surface area contributed by atoms with Crippen LogP contribution in [-0.4, -0.2) is 10.9 Å². The van der Waals surface area contributed by atoms with Gasteiger partial charge in [0.15, 0.2) is 0 Å². The van der Waals surface area contributed by atoms with Gasteiger partial charge in [0, 0.05) is 10.6 Å². The average molecular weight is 264 g/mol. The summed E-state index contributed by atoms with van der Waals surface area (Å²) in [5.41, 5.74) is -0.374. The summed E-state index contributed by atoms with van der Waals surface area (Å²) >= 11 is 1.20. The largest absolute Gasteiger partial charge is 0.417 e. The van der Waals surface area contributed by atoms with E-state index >= 15 is 0 Å². The molecule has 0 amide bonds. The maximum Gasteiger partial charge on any atom is 0.417 e. The summed E-state index contributed by atoms with van der Waals surface area (Å²) in [5.74, 6) is 0.972. The third kappa shape index (κ3) is 4.24. The highest BCUT2D eigenvalue weighted by Gasteiger charge is 2.33. The van der Waals surface area contributed by atoms with Gasteiger partial charge in [-0.2, -0.15) is 13.2 Å². The van der Waals surface area contributed by atoms with Crippen molar-refractivity contribution in [2.45, 2.75) is 31.5 Å². The summed E-state index contributed by atoms with van der Waals surface area (Å²) in [4.78, 5) is 0.225. The second-order valence-corrected chi connectivity index (χ2v) is 5.25. The van der Waals surface area contributed by atoms with Gasteiger partial charge in [-0.25, -0.2) is 0 Å². The molecule has 0 atom stereocenters. The fourth-order valence-corrected chi connectivity index (χ4v) is 2.29. The molecule has 0 aliphatic carbocycles. The lowest BCUT2D eigenvalue weighted by Crippen LogP contribution is -2.08. The van der Waals surface area contributed by atoms with Gasteiger partial charge in [0.1, 0.15) is 0 Å². The second kappa shape index (κ2) is 5.78. The molecule has 0 saturated heterocycles. The molecule has 1 N–H and O–H groups in total. The van der Waals surface area contributed by atoms with Gasteiger partial charge in [-0.15, -0.1) is 11.8 Å². The zero-order valence-corrected chi connectivity index (χ0v) is 10.5. The molecule has 5 heteroatoms. The molecule has 0 saturated carbocycles. The molecule has 1 aromatic carbocycles. The van der Waals surface area contributed by atoms with E-state index in [0.717, 1.165) is 6.07 Å². The van der Waals surface area contributed by atoms with Gasteiger partial charge in [-0.05, 0) is 23.6 Å². The Kier molecular flexibility index (Phi) is 4.89. The molecule has 0 fully saturated rings. The second-order valence-electron chi connectivity index (χ2n) is 4.19. The maximum absolute atomic E-state index is 12.8. The molecule has 0 radical (unpaired) electrons. The lowest BCUT2D eigenvalue weighted by atomic mass is 10.1. The normalized spacial score (nSPS) is 12.2. The van der Waals surface area contributed by atoms with Crippen LogP contribution in [0.15, 0.2) is 23.1 Å². The third-order valence-corrected chi connectivity index (χ3v) is 3.60. The lowest BCUT2D eigenvalue weighted by Gasteiger charge is -2.14. The van der Waals surface area contributed by atoms with E-state index in [0.29, 0.717) is 11.7 Å². The van der Waals surface area contributed by atoms with E-state index in [1.807, 2.05) is 13.8 Å². The molecule has 0 heterocycles. The monoisotopic (exact) mass is 264 g/mol. The first-order chi connectivity index (χ1) is 7.84. The smallest absolute Gasteiger partial charge is 0.392 e. The molecule has 0 aromatic heterocycles. The quantitative estimate of drug-likeness (QED) is 0.831. The minimum Gasteiger partial charge on any atom is -0.392 e. The van der Waals surface area contributed by atoms with Gasteiger partial charge in [-0.1, -0.05) is 19.9 Å². The number of aliphatic hydroxyl groups excluding tert-OH is 1. The van der Waals surface area contributed by atoms with E-state index in [9.17, 15) is 13.2 Å². The van der Waals surface area contributed by atoms with Gasteiger partial charge in [0.2, 0.25) is 0 Å². The molecule has 1 nitrogen and oxygen atoms in total. The fourth-order valence-electron chi connectivity index (χ4n) is 1.28. The maximum atomic E-state index is 12.8. The molecule has 0 bridgehead atoms. The summed E-state index contributed by atoms with van der Waals surface area (Å²) in [6, 6.07) is 3.97. The Morgan fingerprint density at radius 1 is 1.29 bits per heavy atom. The number of hydrogen-bond acceptors (Lipinski definition) is 2. The van der Waals surface area contributed by atoms with Crippen molar-refractivity contribution in [2.75, 3.05) is 5.75 Å². The van der Waals surface area contributed by atoms with Crippen LogP contribution in [0.4, 0.5) is 13.2 Å². The van der Waals surface area contributed by atoms with Gasteiger partial charge in [0.05, 0.1) is 12.2 Å². The van der Waals surface area contributed by atoms with Crippen LogP contribution in [0.2, 0.25) is 0 Å². The molecule has 1 aromatic rings. The van der Waals surface area contributed by atoms with Gasteiger partial charge in [0.25, 0.3) is 0 Å². The molecular weight excluding hydrogens is 249 g/mol. The van der Waals surface area contributed by atoms with E-state index in [4.69, 9.17) is 5.11 Å². The number of thioether (sulfide) groups is 1. The summed E-state index contributed by atoms with van der Waals surface area (Å²) in [7, 11) is 0. The van der Waals surface area contributed by atoms with E-state index in [2.05, 4.69) is 0 Å². The topological polar surface area (TPSA) is 20.2 Å². The third-order valence-electron chi connectivity index (χ3n) is 2.10. The Labute approximate surface area is 103 Å². The number of alkyl halides is 3. The molecule has 17 heavy (non-hydrogen) atoms. The number of aliphatic hydroxyl groups is 1. The van der Waals surface area contributed by atoms with E-state index in [1.54, 1.807) is 0 Å². The van der Waals surface area contributed by atoms with Crippen molar-refractivity contribution in [1.82, 2.24) is 0 Å². The summed E-state index contributed by atoms with van der Waals surface area (Å²) in [6.45, 7) is 3.54. The molecule has 0 unspecified atom stereocenters. The van der Waals surface area contributed by atoms with Crippen LogP contribution in [0.1, 0.15) is 25.0 Å². The first-order valence-corrected chi connectivity index (χ1v) is 6.27. The highest BCUT2D eigenvalue weighted by Crippen LogP contribution is 2.37. The molecule has 0 aliphatic rings. The van der Waals surface area contributed by atoms with Crippen LogP contribution in [0.25, 0.3) is 0 Å². The van der Waals surface area contributed by atoms with Crippen molar-refractivity contribution in [1.29, 1.82) is 0 Å². The van der Waals surface area contributed by atoms with Crippen LogP contribution in [0, 0.1) is 5.92 Å². The Morgan fingerprint density at radius 2 is 1.94 bits per heavy atom. The SMILES string of the molecule is CC(C)CSc1ccc(CO)cc1C(F)(F)F. The Balaban J connectivity index is 3.03. The first-order valence-electron chi connectivity index (χ1n) is 5.28. The fraction of sp³-hybridized carbons (Fsp3) is 0.500. The van der Waals surface area contributed by atoms with E-state index < -0.39 is 11.7 Å². The van der Waals surface area contributed by atoms with Crippen molar-refractivity contribution in [3.05, 3.63) is 29.3 Å². The summed E-state index contributed by atoms with van der Waals surface area (Å²) in [6.07, 6.45) is -4.37. The zero-order valence-electron chi connectivity index (χ0n) is 9.71. The lowest BCUT2D eigenvalue weighted by molar-refractivity contribution is -0.139. The minimum atomic E-state index is -4.37.